The molecule has 4 nitrogen and oxygen atoms in total. The Morgan fingerprint density at radius 3 is 0.407 bits per heavy atom. The van der Waals surface area contributed by atoms with E-state index in [1.165, 1.54) is 257 Å². The minimum absolute atomic E-state index is 0. The number of rotatable bonds is 12. The van der Waals surface area contributed by atoms with E-state index in [0.29, 0.717) is 0 Å². The molecule has 8 fully saturated rings. The van der Waals surface area contributed by atoms with Gasteiger partial charge in [-0.25, -0.2) is 0 Å². The molecule has 6 heteroatoms. The van der Waals surface area contributed by atoms with E-state index in [2.05, 4.69) is 18.7 Å². The SMILES string of the molecule is C1CCC(N(C2CCCCC2)[P+](N(C2CCCCC2)C2CCCCC2)(N(C2CCCCC2)C2CCCCC2)N(C2CCCCC2)C2CCCCC2)CC1.[Br-]. The van der Waals surface area contributed by atoms with Crippen LogP contribution < -0.4 is 17.0 Å². The van der Waals surface area contributed by atoms with Gasteiger partial charge in [-0.3, -0.25) is 0 Å². The summed E-state index contributed by atoms with van der Waals surface area (Å²) in [4.78, 5) is 0. The van der Waals surface area contributed by atoms with E-state index >= 15 is 0 Å². The van der Waals surface area contributed by atoms with E-state index in [1.54, 1.807) is 0 Å². The molecule has 0 saturated heterocycles. The molecular weight excluding hydrogens is 743 g/mol. The van der Waals surface area contributed by atoms with Crippen LogP contribution in [0.3, 0.4) is 0 Å². The Hall–Kier alpha value is 0.750. The van der Waals surface area contributed by atoms with Gasteiger partial charge in [0.1, 0.15) is 0 Å². The zero-order valence-corrected chi connectivity index (χ0v) is 38.0. The smallest absolute Gasteiger partial charge is 0.310 e. The molecule has 0 amide bonds. The van der Waals surface area contributed by atoms with Crippen LogP contribution in [0.1, 0.15) is 257 Å². The Labute approximate surface area is 347 Å². The van der Waals surface area contributed by atoms with Gasteiger partial charge < -0.3 is 17.0 Å². The van der Waals surface area contributed by atoms with Gasteiger partial charge in [-0.15, -0.1) is 18.7 Å². The second-order valence-corrected chi connectivity index (χ2v) is 23.3. The van der Waals surface area contributed by atoms with Crippen LogP contribution >= 0.6 is 7.87 Å². The molecule has 0 N–H and O–H groups in total. The van der Waals surface area contributed by atoms with Crippen LogP contribution in [0.15, 0.2) is 0 Å². The Morgan fingerprint density at radius 2 is 0.296 bits per heavy atom. The predicted molar refractivity (Wildman–Crippen MR) is 229 cm³/mol. The van der Waals surface area contributed by atoms with Crippen molar-refractivity contribution in [3.63, 3.8) is 0 Å². The van der Waals surface area contributed by atoms with E-state index in [0.717, 1.165) is 48.3 Å². The van der Waals surface area contributed by atoms with Crippen LogP contribution in [0.2, 0.25) is 0 Å². The predicted octanol–water partition coefficient (Wildman–Crippen LogP) is 11.5. The second kappa shape index (κ2) is 21.8. The van der Waals surface area contributed by atoms with Gasteiger partial charge in [0.25, 0.3) is 0 Å². The Bertz CT molecular complexity index is 790. The highest BCUT2D eigenvalue weighted by atomic mass is 79.9. The molecule has 8 aliphatic rings. The standard InChI is InChI=1S/C48H88N4P.BrH/c1-9-25-41(26-10-1)49(42-27-11-2-12-28-42)53(50(43-29-13-3-14-30-43)44-31-15-4-16-32-44,51(45-33-17-5-18-34-45)46-35-19-6-20-36-46)52(47-37-21-7-22-38-47)48-39-23-8-24-40-48;/h41-48H,1-40H2;1H/q+1;/p-1. The Balaban J connectivity index is 0.00000450. The normalized spacial score (nSPS) is 28.7. The van der Waals surface area contributed by atoms with Gasteiger partial charge in [0.05, 0.1) is 0 Å². The van der Waals surface area contributed by atoms with Crippen molar-refractivity contribution in [2.45, 2.75) is 305 Å². The fraction of sp³-hybridized carbons (Fsp3) is 1.00. The van der Waals surface area contributed by atoms with E-state index in [-0.39, 0.29) is 17.0 Å². The maximum absolute atomic E-state index is 3.74. The second-order valence-electron chi connectivity index (χ2n) is 20.4. The molecule has 8 rings (SSSR count). The number of hydrogen-bond acceptors (Lipinski definition) is 4. The van der Waals surface area contributed by atoms with Crippen molar-refractivity contribution in [2.75, 3.05) is 0 Å². The summed E-state index contributed by atoms with van der Waals surface area (Å²) in [5.41, 5.74) is 0. The fourth-order valence-corrected chi connectivity index (χ4v) is 21.2. The van der Waals surface area contributed by atoms with Gasteiger partial charge in [0, 0.05) is 48.3 Å². The summed E-state index contributed by atoms with van der Waals surface area (Å²) in [5.74, 6) is 0. The highest BCUT2D eigenvalue weighted by Crippen LogP contribution is 2.79. The Morgan fingerprint density at radius 1 is 0.185 bits per heavy atom. The van der Waals surface area contributed by atoms with Crippen molar-refractivity contribution >= 4 is 7.87 Å². The highest BCUT2D eigenvalue weighted by molar-refractivity contribution is 7.67. The van der Waals surface area contributed by atoms with Crippen molar-refractivity contribution in [3.05, 3.63) is 0 Å². The minimum Gasteiger partial charge on any atom is -1.00 e. The first-order valence-electron chi connectivity index (χ1n) is 25.4. The van der Waals surface area contributed by atoms with Gasteiger partial charge in [-0.1, -0.05) is 154 Å². The molecule has 0 heterocycles. The van der Waals surface area contributed by atoms with Crippen LogP contribution in [-0.4, -0.2) is 67.0 Å². The lowest BCUT2D eigenvalue weighted by Crippen LogP contribution is -3.00. The van der Waals surface area contributed by atoms with Crippen LogP contribution in [0.4, 0.5) is 0 Å². The summed E-state index contributed by atoms with van der Waals surface area (Å²) in [6.45, 7) is 0. The van der Waals surface area contributed by atoms with Crippen molar-refractivity contribution in [3.8, 4) is 0 Å². The summed E-state index contributed by atoms with van der Waals surface area (Å²) >= 11 is 0. The Kier molecular flexibility index (Phi) is 17.3. The van der Waals surface area contributed by atoms with Gasteiger partial charge >= 0.3 is 7.87 Å². The maximum Gasteiger partial charge on any atom is 0.310 e. The minimum atomic E-state index is -2.15. The summed E-state index contributed by atoms with van der Waals surface area (Å²) in [5, 5.41) is 0. The number of hydrogen-bond donors (Lipinski definition) is 0. The van der Waals surface area contributed by atoms with Crippen molar-refractivity contribution in [2.24, 2.45) is 0 Å². The molecule has 0 unspecified atom stereocenters. The zero-order chi connectivity index (χ0) is 35.7. The topological polar surface area (TPSA) is 13.0 Å². The summed E-state index contributed by atoms with van der Waals surface area (Å²) in [6.07, 6.45) is 60.1. The van der Waals surface area contributed by atoms with Gasteiger partial charge in [-0.05, 0) is 103 Å². The van der Waals surface area contributed by atoms with Gasteiger partial charge in [-0.2, -0.15) is 0 Å². The van der Waals surface area contributed by atoms with Gasteiger partial charge in [0.15, 0.2) is 0 Å². The average molecular weight is 832 g/mol. The molecule has 54 heavy (non-hydrogen) atoms. The van der Waals surface area contributed by atoms with E-state index in [4.69, 9.17) is 0 Å². The summed E-state index contributed by atoms with van der Waals surface area (Å²) < 4.78 is 14.9. The molecule has 0 bridgehead atoms. The first kappa shape index (κ1) is 42.9. The van der Waals surface area contributed by atoms with E-state index < -0.39 is 7.87 Å². The zero-order valence-electron chi connectivity index (χ0n) is 35.5. The summed E-state index contributed by atoms with van der Waals surface area (Å²) in [6, 6.07) is 6.55. The van der Waals surface area contributed by atoms with Crippen molar-refractivity contribution < 1.29 is 17.0 Å². The molecule has 0 aromatic rings. The van der Waals surface area contributed by atoms with Gasteiger partial charge in [0.2, 0.25) is 0 Å². The molecule has 0 aromatic heterocycles. The fourth-order valence-electron chi connectivity index (χ4n) is 14.4. The molecular formula is C48H88BrN4P. The lowest BCUT2D eigenvalue weighted by Gasteiger charge is -2.64. The molecule has 0 aromatic carbocycles. The maximum atomic E-state index is 3.74. The van der Waals surface area contributed by atoms with Crippen molar-refractivity contribution in [1.29, 1.82) is 0 Å². The lowest BCUT2D eigenvalue weighted by atomic mass is 9.90. The van der Waals surface area contributed by atoms with Crippen LogP contribution in [0.25, 0.3) is 0 Å². The first-order chi connectivity index (χ1) is 26.4. The summed E-state index contributed by atoms with van der Waals surface area (Å²) in [7, 11) is -2.15. The molecule has 8 saturated carbocycles. The van der Waals surface area contributed by atoms with Crippen molar-refractivity contribution in [1.82, 2.24) is 18.7 Å². The lowest BCUT2D eigenvalue weighted by molar-refractivity contribution is -0.0000215. The molecule has 312 valence electrons. The van der Waals surface area contributed by atoms with Crippen LogP contribution in [0, 0.1) is 0 Å². The van der Waals surface area contributed by atoms with E-state index in [1.807, 2.05) is 0 Å². The van der Waals surface area contributed by atoms with Crippen LogP contribution in [0.5, 0.6) is 0 Å². The largest absolute Gasteiger partial charge is 1.00 e. The third-order valence-electron chi connectivity index (χ3n) is 16.8. The quantitative estimate of drug-likeness (QED) is 0.182. The third-order valence-corrected chi connectivity index (χ3v) is 21.9. The van der Waals surface area contributed by atoms with E-state index in [9.17, 15) is 0 Å². The molecule has 0 aliphatic heterocycles. The first-order valence-corrected chi connectivity index (χ1v) is 27.0. The third kappa shape index (κ3) is 9.69. The molecule has 0 radical (unpaired) electrons. The highest BCUT2D eigenvalue weighted by Gasteiger charge is 2.72. The average Bonchev–Trinajstić information content (AvgIpc) is 3.24. The number of halogens is 1. The molecule has 8 aliphatic carbocycles. The molecule has 0 spiro atoms. The van der Waals surface area contributed by atoms with Crippen LogP contribution in [-0.2, 0) is 0 Å². The monoisotopic (exact) mass is 831 g/mol. The molecule has 0 atom stereocenters. The number of nitrogens with zero attached hydrogens (tertiary/aromatic N) is 4.